The molecule has 0 atom stereocenters. The van der Waals surface area contributed by atoms with E-state index in [0.29, 0.717) is 12.1 Å². The molecule has 7 heteroatoms. The van der Waals surface area contributed by atoms with Crippen LogP contribution in [-0.2, 0) is 22.7 Å². The van der Waals surface area contributed by atoms with Crippen molar-refractivity contribution in [2.45, 2.75) is 26.4 Å². The lowest BCUT2D eigenvalue weighted by atomic mass is 10.1. The molecule has 3 aromatic rings. The van der Waals surface area contributed by atoms with Crippen LogP contribution in [0.1, 0.15) is 18.1 Å². The first-order chi connectivity index (χ1) is 12.3. The number of fused-ring (bicyclic) bond motifs is 1. The molecule has 1 heterocycles. The Morgan fingerprint density at radius 3 is 2.42 bits per heavy atom. The van der Waals surface area contributed by atoms with Gasteiger partial charge in [-0.2, -0.15) is 0 Å². The van der Waals surface area contributed by atoms with E-state index >= 15 is 0 Å². The molecule has 26 heavy (non-hydrogen) atoms. The zero-order valence-corrected chi connectivity index (χ0v) is 14.0. The summed E-state index contributed by atoms with van der Waals surface area (Å²) in [6.07, 6.45) is -2.69. The van der Waals surface area contributed by atoms with Gasteiger partial charge in [0.15, 0.2) is 0 Å². The van der Waals surface area contributed by atoms with Crippen molar-refractivity contribution in [2.24, 2.45) is 0 Å². The summed E-state index contributed by atoms with van der Waals surface area (Å²) in [4.78, 5) is 11.1. The number of halogens is 3. The summed E-state index contributed by atoms with van der Waals surface area (Å²) in [6.45, 7) is 1.55. The molecule has 0 aliphatic rings. The zero-order valence-electron chi connectivity index (χ0n) is 14.0. The predicted octanol–water partition coefficient (Wildman–Crippen LogP) is 4.68. The van der Waals surface area contributed by atoms with Crippen LogP contribution in [0.4, 0.5) is 18.9 Å². The van der Waals surface area contributed by atoms with Crippen molar-refractivity contribution < 1.29 is 22.7 Å². The lowest BCUT2D eigenvalue weighted by molar-refractivity contribution is -0.330. The molecule has 3 rings (SSSR count). The van der Waals surface area contributed by atoms with E-state index in [1.165, 1.54) is 6.92 Å². The first-order valence-corrected chi connectivity index (χ1v) is 7.95. The van der Waals surface area contributed by atoms with Gasteiger partial charge in [-0.1, -0.05) is 24.3 Å². The Balaban J connectivity index is 1.71. The maximum absolute atomic E-state index is 12.1. The van der Waals surface area contributed by atoms with Crippen LogP contribution in [0.2, 0.25) is 0 Å². The van der Waals surface area contributed by atoms with Crippen LogP contribution in [0.25, 0.3) is 10.9 Å². The number of aromatic nitrogens is 1. The number of ether oxygens (including phenoxy) is 1. The van der Waals surface area contributed by atoms with Crippen LogP contribution >= 0.6 is 0 Å². The van der Waals surface area contributed by atoms with E-state index in [0.717, 1.165) is 22.2 Å². The summed E-state index contributed by atoms with van der Waals surface area (Å²) in [5.74, 6) is -0.127. The molecular formula is C19H17F3N2O2. The number of nitrogens with zero attached hydrogens (tertiary/aromatic N) is 1. The molecule has 0 fully saturated rings. The Morgan fingerprint density at radius 1 is 1.08 bits per heavy atom. The summed E-state index contributed by atoms with van der Waals surface area (Å²) < 4.78 is 42.1. The van der Waals surface area contributed by atoms with Gasteiger partial charge in [-0.05, 0) is 35.4 Å². The number of amides is 1. The Hall–Kier alpha value is -2.80. The average Bonchev–Trinajstić information content (AvgIpc) is 2.95. The van der Waals surface area contributed by atoms with Gasteiger partial charge >= 0.3 is 6.36 Å². The second kappa shape index (κ2) is 7.21. The van der Waals surface area contributed by atoms with Crippen molar-refractivity contribution in [3.05, 3.63) is 65.9 Å². The molecule has 4 nitrogen and oxygen atoms in total. The van der Waals surface area contributed by atoms with Crippen molar-refractivity contribution >= 4 is 22.5 Å². The second-order valence-electron chi connectivity index (χ2n) is 5.95. The fourth-order valence-corrected chi connectivity index (χ4v) is 2.72. The van der Waals surface area contributed by atoms with E-state index in [2.05, 4.69) is 10.1 Å². The molecule has 1 aromatic heterocycles. The fraction of sp³-hybridized carbons (Fsp3) is 0.211. The van der Waals surface area contributed by atoms with Crippen LogP contribution in [-0.4, -0.2) is 16.8 Å². The van der Waals surface area contributed by atoms with E-state index in [9.17, 15) is 18.0 Å². The lowest BCUT2D eigenvalue weighted by Crippen LogP contribution is -2.12. The number of rotatable bonds is 5. The minimum absolute atomic E-state index is 0.127. The molecule has 0 aliphatic carbocycles. The van der Waals surface area contributed by atoms with Gasteiger partial charge in [0, 0.05) is 36.3 Å². The Bertz CT molecular complexity index is 915. The third-order valence-electron chi connectivity index (χ3n) is 3.87. The first kappa shape index (κ1) is 18.0. The van der Waals surface area contributed by atoms with Gasteiger partial charge < -0.3 is 9.88 Å². The maximum Gasteiger partial charge on any atom is 0.522 e. The van der Waals surface area contributed by atoms with Gasteiger partial charge in [0.2, 0.25) is 5.91 Å². The van der Waals surface area contributed by atoms with E-state index in [1.54, 1.807) is 24.3 Å². The third kappa shape index (κ3) is 4.64. The van der Waals surface area contributed by atoms with Crippen LogP contribution < -0.4 is 5.32 Å². The summed E-state index contributed by atoms with van der Waals surface area (Å²) in [6, 6.07) is 14.4. The molecule has 0 saturated heterocycles. The Kier molecular flexibility index (Phi) is 4.99. The fourth-order valence-electron chi connectivity index (χ4n) is 2.72. The van der Waals surface area contributed by atoms with Gasteiger partial charge in [-0.3, -0.25) is 9.53 Å². The van der Waals surface area contributed by atoms with Crippen LogP contribution in [0, 0.1) is 0 Å². The number of alkyl halides is 3. The lowest BCUT2D eigenvalue weighted by Gasteiger charge is -2.09. The number of benzene rings is 2. The van der Waals surface area contributed by atoms with E-state index in [-0.39, 0.29) is 5.91 Å². The molecule has 1 N–H and O–H groups in total. The van der Waals surface area contributed by atoms with Gasteiger partial charge in [0.25, 0.3) is 0 Å². The SMILES string of the molecule is CC(=O)Nc1ccc2c(ccn2Cc2ccc(COC(F)(F)F)cc2)c1. The van der Waals surface area contributed by atoms with Crippen molar-refractivity contribution in [1.29, 1.82) is 0 Å². The van der Waals surface area contributed by atoms with Crippen molar-refractivity contribution in [2.75, 3.05) is 5.32 Å². The Morgan fingerprint density at radius 2 is 1.77 bits per heavy atom. The summed E-state index contributed by atoms with van der Waals surface area (Å²) in [5.41, 5.74) is 3.16. The topological polar surface area (TPSA) is 43.3 Å². The predicted molar refractivity (Wildman–Crippen MR) is 92.6 cm³/mol. The molecule has 1 amide bonds. The normalized spacial score (nSPS) is 11.7. The van der Waals surface area contributed by atoms with E-state index in [4.69, 9.17) is 0 Å². The molecule has 136 valence electrons. The molecular weight excluding hydrogens is 345 g/mol. The number of hydrogen-bond acceptors (Lipinski definition) is 2. The highest BCUT2D eigenvalue weighted by Gasteiger charge is 2.28. The number of hydrogen-bond donors (Lipinski definition) is 1. The molecule has 0 saturated carbocycles. The highest BCUT2D eigenvalue weighted by molar-refractivity contribution is 5.92. The summed E-state index contributed by atoms with van der Waals surface area (Å²) in [7, 11) is 0. The minimum Gasteiger partial charge on any atom is -0.343 e. The first-order valence-electron chi connectivity index (χ1n) is 7.95. The van der Waals surface area contributed by atoms with Crippen molar-refractivity contribution in [3.63, 3.8) is 0 Å². The van der Waals surface area contributed by atoms with Crippen LogP contribution in [0.3, 0.4) is 0 Å². The van der Waals surface area contributed by atoms with Crippen molar-refractivity contribution in [3.8, 4) is 0 Å². The standard InChI is InChI=1S/C19H17F3N2O2/c1-13(25)23-17-6-7-18-16(10-17)8-9-24(18)11-14-2-4-15(5-3-14)12-26-19(20,21)22/h2-10H,11-12H2,1H3,(H,23,25). The largest absolute Gasteiger partial charge is 0.522 e. The molecule has 0 spiro atoms. The second-order valence-corrected chi connectivity index (χ2v) is 5.95. The summed E-state index contributed by atoms with van der Waals surface area (Å²) in [5, 5.41) is 3.74. The van der Waals surface area contributed by atoms with Crippen LogP contribution in [0.15, 0.2) is 54.7 Å². The summed E-state index contributed by atoms with van der Waals surface area (Å²) >= 11 is 0. The smallest absolute Gasteiger partial charge is 0.343 e. The molecule has 0 bridgehead atoms. The third-order valence-corrected chi connectivity index (χ3v) is 3.87. The highest BCUT2D eigenvalue weighted by Crippen LogP contribution is 2.22. The van der Waals surface area contributed by atoms with Crippen molar-refractivity contribution in [1.82, 2.24) is 4.57 Å². The monoisotopic (exact) mass is 362 g/mol. The minimum atomic E-state index is -4.63. The van der Waals surface area contributed by atoms with Gasteiger partial charge in [-0.25, -0.2) is 0 Å². The molecule has 0 aliphatic heterocycles. The van der Waals surface area contributed by atoms with Gasteiger partial charge in [-0.15, -0.1) is 13.2 Å². The highest BCUT2D eigenvalue weighted by atomic mass is 19.4. The van der Waals surface area contributed by atoms with Gasteiger partial charge in [0.1, 0.15) is 0 Å². The quantitative estimate of drug-likeness (QED) is 0.716. The van der Waals surface area contributed by atoms with E-state index in [1.807, 2.05) is 35.0 Å². The number of nitrogens with one attached hydrogen (secondary N) is 1. The molecule has 2 aromatic carbocycles. The Labute approximate surface area is 148 Å². The number of carbonyl (C=O) groups is 1. The molecule has 0 unspecified atom stereocenters. The molecule has 0 radical (unpaired) electrons. The number of anilines is 1. The zero-order chi connectivity index (χ0) is 18.7. The maximum atomic E-state index is 12.1. The average molecular weight is 362 g/mol. The van der Waals surface area contributed by atoms with E-state index < -0.39 is 13.0 Å². The van der Waals surface area contributed by atoms with Crippen LogP contribution in [0.5, 0.6) is 0 Å². The van der Waals surface area contributed by atoms with Gasteiger partial charge in [0.05, 0.1) is 6.61 Å². The number of carbonyl (C=O) groups excluding carboxylic acids is 1.